The Bertz CT molecular complexity index is 791. The maximum atomic E-state index is 11.1. The van der Waals surface area contributed by atoms with Gasteiger partial charge in [-0.15, -0.1) is 0 Å². The lowest BCUT2D eigenvalue weighted by Gasteiger charge is -2.18. The summed E-state index contributed by atoms with van der Waals surface area (Å²) in [6, 6.07) is 1.79. The van der Waals surface area contributed by atoms with Crippen LogP contribution in [0.2, 0.25) is 0 Å². The maximum Gasteiger partial charge on any atom is 0.259 e. The van der Waals surface area contributed by atoms with E-state index in [-0.39, 0.29) is 11.0 Å². The lowest BCUT2D eigenvalue weighted by molar-refractivity contribution is -0.114. The number of H-pyrrole nitrogens is 1. The zero-order chi connectivity index (χ0) is 17.0. The highest BCUT2D eigenvalue weighted by Crippen LogP contribution is 2.19. The van der Waals surface area contributed by atoms with Gasteiger partial charge < -0.3 is 16.0 Å². The zero-order valence-electron chi connectivity index (χ0n) is 13.5. The van der Waals surface area contributed by atoms with Gasteiger partial charge in [0.15, 0.2) is 5.65 Å². The van der Waals surface area contributed by atoms with Crippen LogP contribution < -0.4 is 11.1 Å². The molecule has 0 saturated carbocycles. The molecule has 1 amide bonds. The van der Waals surface area contributed by atoms with E-state index in [1.54, 1.807) is 18.5 Å². The fraction of sp³-hybridized carbons (Fsp3) is 0.375. The van der Waals surface area contributed by atoms with Crippen LogP contribution in [-0.4, -0.2) is 27.4 Å². The Balaban J connectivity index is 2.25. The number of carbonyl (C=O) groups excluding carboxylic acids is 1. The molecule has 2 aromatic heterocycles. The molecule has 7 heteroatoms. The normalized spacial score (nSPS) is 12.2. The minimum absolute atomic E-state index is 0.0608. The molecule has 7 nitrogen and oxygen atoms in total. The summed E-state index contributed by atoms with van der Waals surface area (Å²) >= 11 is 0. The van der Waals surface area contributed by atoms with Crippen molar-refractivity contribution in [1.82, 2.24) is 15.0 Å². The molecule has 0 aliphatic heterocycles. The Morgan fingerprint density at radius 3 is 2.87 bits per heavy atom. The van der Waals surface area contributed by atoms with E-state index in [1.807, 2.05) is 0 Å². The summed E-state index contributed by atoms with van der Waals surface area (Å²) in [4.78, 5) is 23.0. The SMILES string of the molecule is CC(C)(C)CNc1cnc2[nH]cc(C/C=C(\C#N)C(N)=O)c2n1. The molecule has 0 aromatic carbocycles. The number of rotatable bonds is 5. The second-order valence-corrected chi connectivity index (χ2v) is 6.48. The Morgan fingerprint density at radius 1 is 1.52 bits per heavy atom. The number of carbonyl (C=O) groups is 1. The number of aromatic amines is 1. The number of anilines is 1. The number of hydrogen-bond acceptors (Lipinski definition) is 5. The quantitative estimate of drug-likeness (QED) is 0.575. The molecule has 0 bridgehead atoms. The van der Waals surface area contributed by atoms with Crippen molar-refractivity contribution in [2.24, 2.45) is 11.1 Å². The van der Waals surface area contributed by atoms with Gasteiger partial charge in [0.1, 0.15) is 23.0 Å². The first-order valence-corrected chi connectivity index (χ1v) is 7.27. The molecule has 2 aromatic rings. The van der Waals surface area contributed by atoms with Crippen molar-refractivity contribution in [3.63, 3.8) is 0 Å². The number of nitriles is 1. The summed E-state index contributed by atoms with van der Waals surface area (Å²) in [7, 11) is 0. The van der Waals surface area contributed by atoms with Crippen molar-refractivity contribution in [3.05, 3.63) is 29.6 Å². The van der Waals surface area contributed by atoms with E-state index in [9.17, 15) is 4.79 Å². The Kier molecular flexibility index (Phi) is 4.65. The van der Waals surface area contributed by atoms with Crippen LogP contribution in [0.5, 0.6) is 0 Å². The summed E-state index contributed by atoms with van der Waals surface area (Å²) in [6.07, 6.45) is 5.32. The van der Waals surface area contributed by atoms with Crippen LogP contribution in [-0.2, 0) is 11.2 Å². The van der Waals surface area contributed by atoms with Crippen molar-refractivity contribution in [3.8, 4) is 6.07 Å². The van der Waals surface area contributed by atoms with Crippen LogP contribution in [0.3, 0.4) is 0 Å². The molecular formula is C16H20N6O. The monoisotopic (exact) mass is 312 g/mol. The Morgan fingerprint density at radius 2 is 2.26 bits per heavy atom. The molecule has 0 atom stereocenters. The predicted molar refractivity (Wildman–Crippen MR) is 88.4 cm³/mol. The van der Waals surface area contributed by atoms with Crippen LogP contribution in [0.25, 0.3) is 11.2 Å². The number of nitrogens with two attached hydrogens (primary N) is 1. The molecule has 0 aliphatic carbocycles. The number of nitrogens with zero attached hydrogens (tertiary/aromatic N) is 3. The number of allylic oxidation sites excluding steroid dienone is 1. The van der Waals surface area contributed by atoms with Gasteiger partial charge in [-0.05, 0) is 11.8 Å². The molecule has 0 radical (unpaired) electrons. The van der Waals surface area contributed by atoms with Gasteiger partial charge >= 0.3 is 0 Å². The van der Waals surface area contributed by atoms with Crippen molar-refractivity contribution in [2.75, 3.05) is 11.9 Å². The lowest BCUT2D eigenvalue weighted by atomic mass is 9.97. The average molecular weight is 312 g/mol. The van der Waals surface area contributed by atoms with Crippen molar-refractivity contribution < 1.29 is 4.79 Å². The van der Waals surface area contributed by atoms with E-state index in [4.69, 9.17) is 11.0 Å². The van der Waals surface area contributed by atoms with E-state index in [2.05, 4.69) is 41.0 Å². The molecule has 2 heterocycles. The van der Waals surface area contributed by atoms with Gasteiger partial charge in [0.2, 0.25) is 0 Å². The summed E-state index contributed by atoms with van der Waals surface area (Å²) in [5, 5.41) is 12.1. The largest absolute Gasteiger partial charge is 0.368 e. The number of amides is 1. The van der Waals surface area contributed by atoms with Crippen LogP contribution in [0.1, 0.15) is 26.3 Å². The molecular weight excluding hydrogens is 292 g/mol. The molecule has 0 spiro atoms. The maximum absolute atomic E-state index is 11.1. The first kappa shape index (κ1) is 16.5. The van der Waals surface area contributed by atoms with Gasteiger partial charge in [0.25, 0.3) is 5.91 Å². The highest BCUT2D eigenvalue weighted by atomic mass is 16.1. The lowest BCUT2D eigenvalue weighted by Crippen LogP contribution is -2.19. The third-order valence-electron chi connectivity index (χ3n) is 3.17. The molecule has 0 unspecified atom stereocenters. The highest BCUT2D eigenvalue weighted by molar-refractivity contribution is 5.96. The minimum atomic E-state index is -0.731. The molecule has 120 valence electrons. The number of nitrogens with one attached hydrogen (secondary N) is 2. The molecule has 2 rings (SSSR count). The van der Waals surface area contributed by atoms with Crippen LogP contribution in [0, 0.1) is 16.7 Å². The number of aromatic nitrogens is 3. The van der Waals surface area contributed by atoms with Crippen molar-refractivity contribution in [1.29, 1.82) is 5.26 Å². The summed E-state index contributed by atoms with van der Waals surface area (Å²) < 4.78 is 0. The number of primary amides is 1. The van der Waals surface area contributed by atoms with E-state index in [0.717, 1.165) is 12.1 Å². The fourth-order valence-electron chi connectivity index (χ4n) is 1.95. The summed E-state index contributed by atoms with van der Waals surface area (Å²) in [6.45, 7) is 7.16. The van der Waals surface area contributed by atoms with Crippen LogP contribution in [0.4, 0.5) is 5.82 Å². The van der Waals surface area contributed by atoms with Crippen molar-refractivity contribution in [2.45, 2.75) is 27.2 Å². The topological polar surface area (TPSA) is 120 Å². The third kappa shape index (κ3) is 4.30. The molecule has 23 heavy (non-hydrogen) atoms. The van der Waals surface area contributed by atoms with Gasteiger partial charge in [-0.3, -0.25) is 4.79 Å². The van der Waals surface area contributed by atoms with Gasteiger partial charge in [0, 0.05) is 18.3 Å². The predicted octanol–water partition coefficient (Wildman–Crippen LogP) is 1.89. The first-order valence-electron chi connectivity index (χ1n) is 7.27. The van der Waals surface area contributed by atoms with Crippen molar-refractivity contribution >= 4 is 22.9 Å². The van der Waals surface area contributed by atoms with Gasteiger partial charge in [-0.1, -0.05) is 26.8 Å². The van der Waals surface area contributed by atoms with E-state index in [1.165, 1.54) is 6.08 Å². The Hall–Kier alpha value is -2.88. The number of hydrogen-bond donors (Lipinski definition) is 3. The van der Waals surface area contributed by atoms with E-state index < -0.39 is 5.91 Å². The second kappa shape index (κ2) is 6.48. The summed E-state index contributed by atoms with van der Waals surface area (Å²) in [5.41, 5.74) is 7.41. The molecule has 0 aliphatic rings. The smallest absolute Gasteiger partial charge is 0.259 e. The molecule has 0 fully saturated rings. The minimum Gasteiger partial charge on any atom is -0.368 e. The van der Waals surface area contributed by atoms with E-state index in [0.29, 0.717) is 23.4 Å². The summed E-state index contributed by atoms with van der Waals surface area (Å²) in [5.74, 6) is -0.0429. The highest BCUT2D eigenvalue weighted by Gasteiger charge is 2.12. The van der Waals surface area contributed by atoms with Gasteiger partial charge in [0.05, 0.1) is 6.20 Å². The van der Waals surface area contributed by atoms with E-state index >= 15 is 0 Å². The second-order valence-electron chi connectivity index (χ2n) is 6.48. The van der Waals surface area contributed by atoms with Gasteiger partial charge in [-0.25, -0.2) is 9.97 Å². The standard InChI is InChI=1S/C16H20N6O/c1-16(2,3)9-21-12-8-20-15-13(22-12)11(7-19-15)5-4-10(6-17)14(18)23/h4,7-8H,5,9H2,1-3H3,(H2,18,23)(H,19,20)(H,21,22)/b10-4+. The average Bonchev–Trinajstić information content (AvgIpc) is 2.87. The Labute approximate surface area is 134 Å². The third-order valence-corrected chi connectivity index (χ3v) is 3.17. The first-order chi connectivity index (χ1) is 10.8. The molecule has 0 saturated heterocycles. The zero-order valence-corrected chi connectivity index (χ0v) is 13.5. The van der Waals surface area contributed by atoms with Crippen LogP contribution in [0.15, 0.2) is 24.0 Å². The van der Waals surface area contributed by atoms with Gasteiger partial charge in [-0.2, -0.15) is 5.26 Å². The van der Waals surface area contributed by atoms with Crippen LogP contribution >= 0.6 is 0 Å². The molecule has 4 N–H and O–H groups in total. The number of fused-ring (bicyclic) bond motifs is 1. The fourth-order valence-corrected chi connectivity index (χ4v) is 1.95.